The molecule has 3 atom stereocenters. The summed E-state index contributed by atoms with van der Waals surface area (Å²) in [5.74, 6) is 1.10. The summed E-state index contributed by atoms with van der Waals surface area (Å²) in [6.45, 7) is 6.10. The number of rotatable bonds is 4. The quantitative estimate of drug-likeness (QED) is 0.796. The Kier molecular flexibility index (Phi) is 4.24. The fourth-order valence-corrected chi connectivity index (χ4v) is 2.51. The smallest absolute Gasteiger partial charge is 0.112 e. The molecule has 0 amide bonds. The van der Waals surface area contributed by atoms with Crippen LogP contribution in [-0.2, 0) is 9.47 Å². The van der Waals surface area contributed by atoms with Gasteiger partial charge in [0.05, 0.1) is 24.9 Å². The van der Waals surface area contributed by atoms with Crippen molar-refractivity contribution < 1.29 is 9.47 Å². The summed E-state index contributed by atoms with van der Waals surface area (Å²) in [7, 11) is 0. The van der Waals surface area contributed by atoms with Gasteiger partial charge in [-0.3, -0.25) is 0 Å². The molecule has 0 radical (unpaired) electrons. The summed E-state index contributed by atoms with van der Waals surface area (Å²) in [6.07, 6.45) is 7.50. The van der Waals surface area contributed by atoms with E-state index in [2.05, 4.69) is 25.2 Å². The molecule has 92 valence electrons. The number of ether oxygens (including phenoxy) is 2. The normalized spacial score (nSPS) is 32.0. The fourth-order valence-electron chi connectivity index (χ4n) is 2.51. The van der Waals surface area contributed by atoms with Crippen LogP contribution in [-0.4, -0.2) is 31.4 Å². The first-order valence-electron chi connectivity index (χ1n) is 6.53. The number of allylic oxidation sites excluding steroid dienone is 1. The minimum absolute atomic E-state index is 0.259. The Balaban J connectivity index is 2.01. The molecule has 0 aromatic carbocycles. The second-order valence-corrected chi connectivity index (χ2v) is 4.70. The first kappa shape index (κ1) is 11.9. The Morgan fingerprint density at radius 1 is 1.50 bits per heavy atom. The van der Waals surface area contributed by atoms with Gasteiger partial charge in [-0.05, 0) is 45.2 Å². The van der Waals surface area contributed by atoms with Gasteiger partial charge in [0.1, 0.15) is 5.76 Å². The number of hydrogen-bond donors (Lipinski definition) is 1. The van der Waals surface area contributed by atoms with E-state index in [9.17, 15) is 0 Å². The Bertz CT molecular complexity index is 252. The highest BCUT2D eigenvalue weighted by Crippen LogP contribution is 2.27. The van der Waals surface area contributed by atoms with Crippen molar-refractivity contribution in [3.63, 3.8) is 0 Å². The predicted octanol–water partition coefficient (Wildman–Crippen LogP) is 2.23. The van der Waals surface area contributed by atoms with Crippen molar-refractivity contribution in [1.82, 2.24) is 5.32 Å². The second kappa shape index (κ2) is 5.69. The Labute approximate surface area is 98.2 Å². The first-order chi connectivity index (χ1) is 7.81. The summed E-state index contributed by atoms with van der Waals surface area (Å²) < 4.78 is 11.7. The van der Waals surface area contributed by atoms with Gasteiger partial charge in [0.15, 0.2) is 0 Å². The van der Waals surface area contributed by atoms with E-state index in [1.165, 1.54) is 6.42 Å². The lowest BCUT2D eigenvalue weighted by atomic mass is 10.0. The van der Waals surface area contributed by atoms with E-state index in [1.54, 1.807) is 0 Å². The fraction of sp³-hybridized carbons (Fsp3) is 0.846. The molecule has 3 nitrogen and oxygen atoms in total. The topological polar surface area (TPSA) is 30.5 Å². The molecule has 2 heterocycles. The van der Waals surface area contributed by atoms with Crippen LogP contribution in [0.25, 0.3) is 0 Å². The molecule has 0 saturated carbocycles. The molecule has 2 aliphatic rings. The van der Waals surface area contributed by atoms with Gasteiger partial charge in [0.2, 0.25) is 0 Å². The maximum absolute atomic E-state index is 5.95. The largest absolute Gasteiger partial charge is 0.496 e. The Morgan fingerprint density at radius 3 is 2.94 bits per heavy atom. The zero-order valence-corrected chi connectivity index (χ0v) is 10.4. The minimum atomic E-state index is 0.259. The van der Waals surface area contributed by atoms with Gasteiger partial charge in [-0.25, -0.2) is 0 Å². The van der Waals surface area contributed by atoms with Gasteiger partial charge >= 0.3 is 0 Å². The molecule has 0 aromatic heterocycles. The lowest BCUT2D eigenvalue weighted by molar-refractivity contribution is 0.0225. The molecule has 0 spiro atoms. The minimum Gasteiger partial charge on any atom is -0.496 e. The van der Waals surface area contributed by atoms with Crippen LogP contribution < -0.4 is 5.32 Å². The van der Waals surface area contributed by atoms with Gasteiger partial charge < -0.3 is 14.8 Å². The van der Waals surface area contributed by atoms with Crippen molar-refractivity contribution in [2.45, 2.75) is 57.8 Å². The summed E-state index contributed by atoms with van der Waals surface area (Å²) >= 11 is 0. The van der Waals surface area contributed by atoms with Crippen molar-refractivity contribution in [1.29, 1.82) is 0 Å². The summed E-state index contributed by atoms with van der Waals surface area (Å²) in [6, 6.07) is 0.259. The SMILES string of the molecule is CCNC(C1=CCCCO1)C1CCC(C)O1. The highest BCUT2D eigenvalue weighted by Gasteiger charge is 2.32. The van der Waals surface area contributed by atoms with Crippen LogP contribution in [0.4, 0.5) is 0 Å². The van der Waals surface area contributed by atoms with Crippen LogP contribution in [0, 0.1) is 0 Å². The average molecular weight is 225 g/mol. The third-order valence-corrected chi connectivity index (χ3v) is 3.33. The van der Waals surface area contributed by atoms with Crippen molar-refractivity contribution in [3.8, 4) is 0 Å². The predicted molar refractivity (Wildman–Crippen MR) is 64.3 cm³/mol. The molecule has 1 N–H and O–H groups in total. The summed E-state index contributed by atoms with van der Waals surface area (Å²) in [5.41, 5.74) is 0. The Hall–Kier alpha value is -0.540. The van der Waals surface area contributed by atoms with Gasteiger partial charge in [0, 0.05) is 0 Å². The van der Waals surface area contributed by atoms with Gasteiger partial charge in [-0.1, -0.05) is 6.92 Å². The van der Waals surface area contributed by atoms with Crippen LogP contribution in [0.2, 0.25) is 0 Å². The molecule has 1 fully saturated rings. The average Bonchev–Trinajstić information content (AvgIpc) is 2.74. The molecule has 0 aromatic rings. The lowest BCUT2D eigenvalue weighted by Gasteiger charge is -2.28. The van der Waals surface area contributed by atoms with Crippen molar-refractivity contribution in [3.05, 3.63) is 11.8 Å². The highest BCUT2D eigenvalue weighted by molar-refractivity contribution is 5.09. The standard InChI is InChI=1S/C13H23NO2/c1-3-14-13(11-6-4-5-9-15-11)12-8-7-10(2)16-12/h6,10,12-14H,3-5,7-9H2,1-2H3. The van der Waals surface area contributed by atoms with Crippen molar-refractivity contribution in [2.24, 2.45) is 0 Å². The molecular formula is C13H23NO2. The zero-order valence-electron chi connectivity index (χ0n) is 10.4. The monoisotopic (exact) mass is 225 g/mol. The third-order valence-electron chi connectivity index (χ3n) is 3.33. The Morgan fingerprint density at radius 2 is 2.38 bits per heavy atom. The van der Waals surface area contributed by atoms with Crippen molar-refractivity contribution >= 4 is 0 Å². The van der Waals surface area contributed by atoms with Crippen LogP contribution in [0.15, 0.2) is 11.8 Å². The molecule has 0 bridgehead atoms. The van der Waals surface area contributed by atoms with E-state index in [4.69, 9.17) is 9.47 Å². The molecule has 2 rings (SSSR count). The van der Waals surface area contributed by atoms with E-state index in [1.807, 2.05) is 0 Å². The van der Waals surface area contributed by atoms with Crippen LogP contribution in [0.3, 0.4) is 0 Å². The van der Waals surface area contributed by atoms with Crippen LogP contribution >= 0.6 is 0 Å². The summed E-state index contributed by atoms with van der Waals surface area (Å²) in [4.78, 5) is 0. The molecular weight excluding hydrogens is 202 g/mol. The van der Waals surface area contributed by atoms with Crippen LogP contribution in [0.5, 0.6) is 0 Å². The molecule has 0 aliphatic carbocycles. The first-order valence-corrected chi connectivity index (χ1v) is 6.53. The number of nitrogens with one attached hydrogen (secondary N) is 1. The maximum atomic E-state index is 5.95. The highest BCUT2D eigenvalue weighted by atomic mass is 16.5. The molecule has 3 heteroatoms. The molecule has 3 unspecified atom stereocenters. The van der Waals surface area contributed by atoms with Gasteiger partial charge in [-0.15, -0.1) is 0 Å². The third kappa shape index (κ3) is 2.77. The van der Waals surface area contributed by atoms with E-state index >= 15 is 0 Å². The molecule has 16 heavy (non-hydrogen) atoms. The maximum Gasteiger partial charge on any atom is 0.112 e. The van der Waals surface area contributed by atoms with E-state index in [0.717, 1.165) is 38.2 Å². The second-order valence-electron chi connectivity index (χ2n) is 4.70. The van der Waals surface area contributed by atoms with Crippen LogP contribution in [0.1, 0.15) is 39.5 Å². The molecule has 1 saturated heterocycles. The summed E-state index contributed by atoms with van der Waals surface area (Å²) in [5, 5.41) is 3.50. The molecule has 2 aliphatic heterocycles. The van der Waals surface area contributed by atoms with E-state index in [0.29, 0.717) is 12.2 Å². The zero-order chi connectivity index (χ0) is 11.4. The van der Waals surface area contributed by atoms with E-state index < -0.39 is 0 Å². The number of hydrogen-bond acceptors (Lipinski definition) is 3. The number of likely N-dealkylation sites (N-methyl/N-ethyl adjacent to an activating group) is 1. The van der Waals surface area contributed by atoms with Crippen molar-refractivity contribution in [2.75, 3.05) is 13.2 Å². The van der Waals surface area contributed by atoms with Gasteiger partial charge in [0.25, 0.3) is 0 Å². The van der Waals surface area contributed by atoms with E-state index in [-0.39, 0.29) is 6.04 Å². The van der Waals surface area contributed by atoms with Gasteiger partial charge in [-0.2, -0.15) is 0 Å². The lowest BCUT2D eigenvalue weighted by Crippen LogP contribution is -2.42.